The molecule has 1 fully saturated rings. The van der Waals surface area contributed by atoms with Crippen molar-refractivity contribution in [2.24, 2.45) is 5.92 Å². The van der Waals surface area contributed by atoms with Crippen LogP contribution in [-0.2, 0) is 4.79 Å². The molecule has 74 valence electrons. The van der Waals surface area contributed by atoms with Crippen LogP contribution in [-0.4, -0.2) is 23.2 Å². The second-order valence-corrected chi connectivity index (χ2v) is 3.42. The summed E-state index contributed by atoms with van der Waals surface area (Å²) in [6.07, 6.45) is 2.41. The molecule has 0 bridgehead atoms. The molecule has 14 heavy (non-hydrogen) atoms. The first-order chi connectivity index (χ1) is 6.72. The Labute approximate surface area is 81.5 Å². The van der Waals surface area contributed by atoms with Crippen molar-refractivity contribution >= 4 is 5.97 Å². The fraction of sp³-hybridized carbons (Fsp3) is 0.400. The van der Waals surface area contributed by atoms with Crippen molar-refractivity contribution in [2.75, 3.05) is 7.11 Å². The van der Waals surface area contributed by atoms with Crippen LogP contribution in [0.5, 0.6) is 5.88 Å². The average molecular weight is 193 g/mol. The third kappa shape index (κ3) is 1.55. The van der Waals surface area contributed by atoms with Crippen LogP contribution in [0.25, 0.3) is 0 Å². The fourth-order valence-electron chi connectivity index (χ4n) is 1.57. The number of carboxylic acids is 1. The van der Waals surface area contributed by atoms with E-state index in [9.17, 15) is 4.79 Å². The van der Waals surface area contributed by atoms with Gasteiger partial charge in [0.25, 0.3) is 0 Å². The van der Waals surface area contributed by atoms with Crippen molar-refractivity contribution in [1.82, 2.24) is 4.98 Å². The summed E-state index contributed by atoms with van der Waals surface area (Å²) < 4.78 is 4.92. The lowest BCUT2D eigenvalue weighted by Gasteiger charge is -2.00. The minimum absolute atomic E-state index is 0.144. The maximum atomic E-state index is 10.6. The predicted octanol–water partition coefficient (Wildman–Crippen LogP) is 1.28. The van der Waals surface area contributed by atoms with Crippen LogP contribution in [0.4, 0.5) is 0 Å². The predicted molar refractivity (Wildman–Crippen MR) is 49.3 cm³/mol. The van der Waals surface area contributed by atoms with E-state index in [1.165, 1.54) is 0 Å². The molecule has 1 aliphatic rings. The topological polar surface area (TPSA) is 59.4 Å². The highest BCUT2D eigenvalue weighted by Crippen LogP contribution is 2.47. The second kappa shape index (κ2) is 3.29. The Morgan fingerprint density at radius 1 is 1.64 bits per heavy atom. The SMILES string of the molecule is COc1ccc([C@@H]2C[C@H]2C(=O)O)cn1. The van der Waals surface area contributed by atoms with E-state index in [0.29, 0.717) is 5.88 Å². The van der Waals surface area contributed by atoms with Gasteiger partial charge in [0.2, 0.25) is 5.88 Å². The van der Waals surface area contributed by atoms with Crippen LogP contribution in [0.15, 0.2) is 18.3 Å². The summed E-state index contributed by atoms with van der Waals surface area (Å²) in [5, 5.41) is 8.74. The van der Waals surface area contributed by atoms with E-state index in [2.05, 4.69) is 4.98 Å². The number of aromatic nitrogens is 1. The minimum Gasteiger partial charge on any atom is -0.481 e. The zero-order chi connectivity index (χ0) is 10.1. The number of aliphatic carboxylic acids is 1. The third-order valence-corrected chi connectivity index (χ3v) is 2.50. The fourth-order valence-corrected chi connectivity index (χ4v) is 1.57. The van der Waals surface area contributed by atoms with E-state index < -0.39 is 5.97 Å². The van der Waals surface area contributed by atoms with Crippen LogP contribution in [0.1, 0.15) is 17.9 Å². The molecule has 4 nitrogen and oxygen atoms in total. The number of hydrogen-bond acceptors (Lipinski definition) is 3. The van der Waals surface area contributed by atoms with Crippen LogP contribution >= 0.6 is 0 Å². The van der Waals surface area contributed by atoms with Gasteiger partial charge in [0.05, 0.1) is 13.0 Å². The molecule has 0 spiro atoms. The van der Waals surface area contributed by atoms with E-state index in [0.717, 1.165) is 12.0 Å². The van der Waals surface area contributed by atoms with Gasteiger partial charge < -0.3 is 9.84 Å². The van der Waals surface area contributed by atoms with Gasteiger partial charge in [-0.25, -0.2) is 4.98 Å². The number of carbonyl (C=O) groups is 1. The lowest BCUT2D eigenvalue weighted by atomic mass is 10.1. The molecule has 0 radical (unpaired) electrons. The number of rotatable bonds is 3. The largest absolute Gasteiger partial charge is 0.481 e. The van der Waals surface area contributed by atoms with Crippen LogP contribution in [0, 0.1) is 5.92 Å². The summed E-state index contributed by atoms with van der Waals surface area (Å²) in [6.45, 7) is 0. The standard InChI is InChI=1S/C10H11NO3/c1-14-9-3-2-6(5-11-9)7-4-8(7)10(12)13/h2-3,5,7-8H,4H2,1H3,(H,12,13)/t7-,8+/m0/s1. The van der Waals surface area contributed by atoms with Gasteiger partial charge in [-0.3, -0.25) is 4.79 Å². The maximum Gasteiger partial charge on any atom is 0.307 e. The Morgan fingerprint density at radius 3 is 2.86 bits per heavy atom. The monoisotopic (exact) mass is 193 g/mol. The normalized spacial score (nSPS) is 24.4. The molecule has 1 N–H and O–H groups in total. The summed E-state index contributed by atoms with van der Waals surface area (Å²) in [7, 11) is 1.55. The highest BCUT2D eigenvalue weighted by atomic mass is 16.5. The van der Waals surface area contributed by atoms with Crippen molar-refractivity contribution in [3.63, 3.8) is 0 Å². The van der Waals surface area contributed by atoms with Crippen molar-refractivity contribution in [1.29, 1.82) is 0 Å². The lowest BCUT2D eigenvalue weighted by molar-refractivity contribution is -0.138. The molecular weight excluding hydrogens is 182 g/mol. The molecule has 1 aromatic rings. The molecule has 2 atom stereocenters. The van der Waals surface area contributed by atoms with Gasteiger partial charge in [-0.2, -0.15) is 0 Å². The number of methoxy groups -OCH3 is 1. The highest BCUT2D eigenvalue weighted by Gasteiger charge is 2.44. The lowest BCUT2D eigenvalue weighted by Crippen LogP contribution is -1.99. The van der Waals surface area contributed by atoms with Crippen LogP contribution in [0.2, 0.25) is 0 Å². The Kier molecular flexibility index (Phi) is 2.11. The number of carboxylic acid groups (broad SMARTS) is 1. The Hall–Kier alpha value is -1.58. The molecule has 4 heteroatoms. The molecule has 0 aliphatic heterocycles. The molecular formula is C10H11NO3. The Bertz CT molecular complexity index is 347. The molecule has 0 saturated heterocycles. The van der Waals surface area contributed by atoms with E-state index in [-0.39, 0.29) is 11.8 Å². The molecule has 0 amide bonds. The molecule has 1 aromatic heterocycles. The molecule has 2 rings (SSSR count). The third-order valence-electron chi connectivity index (χ3n) is 2.50. The molecule has 0 aromatic carbocycles. The quantitative estimate of drug-likeness (QED) is 0.785. The van der Waals surface area contributed by atoms with Crippen molar-refractivity contribution < 1.29 is 14.6 Å². The number of pyridine rings is 1. The maximum absolute atomic E-state index is 10.6. The van der Waals surface area contributed by atoms with Crippen molar-refractivity contribution in [3.8, 4) is 5.88 Å². The summed E-state index contributed by atoms with van der Waals surface area (Å²) in [5.41, 5.74) is 0.984. The van der Waals surface area contributed by atoms with E-state index in [1.807, 2.05) is 6.07 Å². The first kappa shape index (κ1) is 8.99. The molecule has 1 saturated carbocycles. The Balaban J connectivity index is 2.08. The summed E-state index contributed by atoms with van der Waals surface area (Å²) >= 11 is 0. The number of ether oxygens (including phenoxy) is 1. The van der Waals surface area contributed by atoms with E-state index in [4.69, 9.17) is 9.84 Å². The van der Waals surface area contributed by atoms with Gasteiger partial charge in [-0.1, -0.05) is 6.07 Å². The van der Waals surface area contributed by atoms with Crippen molar-refractivity contribution in [2.45, 2.75) is 12.3 Å². The van der Waals surface area contributed by atoms with E-state index in [1.54, 1.807) is 19.4 Å². The van der Waals surface area contributed by atoms with Gasteiger partial charge in [0.1, 0.15) is 0 Å². The molecule has 1 aliphatic carbocycles. The first-order valence-corrected chi connectivity index (χ1v) is 4.45. The van der Waals surface area contributed by atoms with Gasteiger partial charge in [-0.05, 0) is 17.9 Å². The molecule has 1 heterocycles. The van der Waals surface area contributed by atoms with Crippen LogP contribution < -0.4 is 4.74 Å². The van der Waals surface area contributed by atoms with Gasteiger partial charge in [0.15, 0.2) is 0 Å². The average Bonchev–Trinajstić information content (AvgIpc) is 2.97. The van der Waals surface area contributed by atoms with E-state index >= 15 is 0 Å². The van der Waals surface area contributed by atoms with Gasteiger partial charge in [-0.15, -0.1) is 0 Å². The summed E-state index contributed by atoms with van der Waals surface area (Å²) in [5.74, 6) is -0.233. The number of nitrogens with zero attached hydrogens (tertiary/aromatic N) is 1. The highest BCUT2D eigenvalue weighted by molar-refractivity contribution is 5.75. The van der Waals surface area contributed by atoms with Gasteiger partial charge >= 0.3 is 5.97 Å². The first-order valence-electron chi connectivity index (χ1n) is 4.45. The van der Waals surface area contributed by atoms with Crippen molar-refractivity contribution in [3.05, 3.63) is 23.9 Å². The zero-order valence-corrected chi connectivity index (χ0v) is 7.80. The summed E-state index contributed by atoms with van der Waals surface area (Å²) in [4.78, 5) is 14.7. The Morgan fingerprint density at radius 2 is 2.43 bits per heavy atom. The molecule has 0 unspecified atom stereocenters. The number of hydrogen-bond donors (Lipinski definition) is 1. The van der Waals surface area contributed by atoms with Gasteiger partial charge in [0, 0.05) is 12.3 Å². The second-order valence-electron chi connectivity index (χ2n) is 3.42. The van der Waals surface area contributed by atoms with Crippen LogP contribution in [0.3, 0.4) is 0 Å². The zero-order valence-electron chi connectivity index (χ0n) is 7.80. The smallest absolute Gasteiger partial charge is 0.307 e. The minimum atomic E-state index is -0.717. The summed E-state index contributed by atoms with van der Waals surface area (Å²) in [6, 6.07) is 3.63.